The fourth-order valence-corrected chi connectivity index (χ4v) is 0.392. The average molecular weight is 378 g/mol. The Labute approximate surface area is 105 Å². The topological polar surface area (TPSA) is 121 Å². The molecule has 8 heteroatoms. The molecule has 0 unspecified atom stereocenters. The largest absolute Gasteiger partial charge is 1.00 e. The molecule has 0 amide bonds. The molecule has 0 rings (SSSR count). The van der Waals surface area contributed by atoms with Crippen molar-refractivity contribution in [3.8, 4) is 0 Å². The van der Waals surface area contributed by atoms with E-state index in [0.29, 0.717) is 0 Å². The quantitative estimate of drug-likeness (QED) is 0.376. The number of carboxylic acid groups (broad SMARTS) is 2. The SMILES string of the molecule is O=C([O-])C(CO)(CO)C(=O)[O-].[Ag+].[Ag+]. The monoisotopic (exact) mass is 376 g/mol. The molecule has 0 radical (unpaired) electrons. The maximum absolute atomic E-state index is 10.1. The summed E-state index contributed by atoms with van der Waals surface area (Å²) in [5.41, 5.74) is -2.69. The van der Waals surface area contributed by atoms with Crippen LogP contribution in [0.1, 0.15) is 0 Å². The minimum absolute atomic E-state index is 0. The zero-order valence-electron chi connectivity index (χ0n) is 6.04. The summed E-state index contributed by atoms with van der Waals surface area (Å²) in [5, 5.41) is 36.8. The number of carboxylic acids is 2. The van der Waals surface area contributed by atoms with Crippen LogP contribution in [0.25, 0.3) is 0 Å². The van der Waals surface area contributed by atoms with Gasteiger partial charge in [0, 0.05) is 0 Å². The minimum Gasteiger partial charge on any atom is -0.549 e. The summed E-state index contributed by atoms with van der Waals surface area (Å²) in [5.74, 6) is -4.13. The number of rotatable bonds is 4. The number of aliphatic carboxylic acids is 2. The second-order valence-corrected chi connectivity index (χ2v) is 1.97. The first-order valence-corrected chi connectivity index (χ1v) is 2.66. The normalized spacial score (nSPS) is 9.38. The van der Waals surface area contributed by atoms with Crippen molar-refractivity contribution in [3.63, 3.8) is 0 Å². The van der Waals surface area contributed by atoms with Crippen LogP contribution >= 0.6 is 0 Å². The summed E-state index contributed by atoms with van der Waals surface area (Å²) in [6.45, 7) is -2.51. The van der Waals surface area contributed by atoms with Crippen LogP contribution in [0.4, 0.5) is 0 Å². The maximum Gasteiger partial charge on any atom is 1.00 e. The molecule has 0 aromatic rings. The zero-order chi connectivity index (χ0) is 9.07. The Balaban J connectivity index is -0.000000500. The van der Waals surface area contributed by atoms with E-state index in [1.54, 1.807) is 0 Å². The van der Waals surface area contributed by atoms with Gasteiger partial charge in [-0.15, -0.1) is 0 Å². The molecule has 0 aromatic carbocycles. The van der Waals surface area contributed by atoms with Crippen molar-refractivity contribution in [2.45, 2.75) is 0 Å². The third kappa shape index (κ3) is 3.92. The molecule has 0 saturated carbocycles. The first-order chi connectivity index (χ1) is 5.01. The third-order valence-electron chi connectivity index (χ3n) is 1.32. The van der Waals surface area contributed by atoms with Crippen molar-refractivity contribution in [3.05, 3.63) is 0 Å². The summed E-state index contributed by atoms with van der Waals surface area (Å²) >= 11 is 0. The van der Waals surface area contributed by atoms with Crippen LogP contribution in [0.5, 0.6) is 0 Å². The third-order valence-corrected chi connectivity index (χ3v) is 1.32. The van der Waals surface area contributed by atoms with Gasteiger partial charge in [0.05, 0.1) is 30.6 Å². The molecule has 0 aliphatic rings. The molecular weight excluding hydrogens is 372 g/mol. The first-order valence-electron chi connectivity index (χ1n) is 2.66. The van der Waals surface area contributed by atoms with E-state index in [-0.39, 0.29) is 44.8 Å². The molecule has 0 saturated heterocycles. The zero-order valence-corrected chi connectivity index (χ0v) is 9.01. The maximum atomic E-state index is 10.1. The van der Waals surface area contributed by atoms with Gasteiger partial charge in [0.1, 0.15) is 0 Å². The van der Waals surface area contributed by atoms with E-state index in [2.05, 4.69) is 0 Å². The van der Waals surface area contributed by atoms with Crippen molar-refractivity contribution in [2.24, 2.45) is 5.41 Å². The number of hydrogen-bond acceptors (Lipinski definition) is 6. The van der Waals surface area contributed by atoms with E-state index in [9.17, 15) is 19.8 Å². The number of carbonyl (C=O) groups excluding carboxylic acids is 2. The Morgan fingerprint density at radius 2 is 1.23 bits per heavy atom. The minimum atomic E-state index is -2.69. The molecule has 6 nitrogen and oxygen atoms in total. The van der Waals surface area contributed by atoms with Crippen LogP contribution in [-0.4, -0.2) is 35.4 Å². The summed E-state index contributed by atoms with van der Waals surface area (Å²) in [6.07, 6.45) is 0. The smallest absolute Gasteiger partial charge is 0.549 e. The molecule has 0 aliphatic heterocycles. The van der Waals surface area contributed by atoms with Gasteiger partial charge in [0.25, 0.3) is 0 Å². The second kappa shape index (κ2) is 7.72. The van der Waals surface area contributed by atoms with Crippen molar-refractivity contribution < 1.29 is 74.8 Å². The molecule has 0 fully saturated rings. The van der Waals surface area contributed by atoms with Crippen LogP contribution in [0, 0.1) is 5.41 Å². The molecule has 0 aliphatic carbocycles. The molecule has 13 heavy (non-hydrogen) atoms. The van der Waals surface area contributed by atoms with Crippen molar-refractivity contribution in [2.75, 3.05) is 13.2 Å². The van der Waals surface area contributed by atoms with Crippen LogP contribution in [0.2, 0.25) is 0 Å². The summed E-state index contributed by atoms with van der Waals surface area (Å²) in [6, 6.07) is 0. The molecule has 2 N–H and O–H groups in total. The van der Waals surface area contributed by atoms with Crippen LogP contribution in [-0.2, 0) is 54.3 Å². The van der Waals surface area contributed by atoms with E-state index in [1.165, 1.54) is 0 Å². The van der Waals surface area contributed by atoms with Crippen molar-refractivity contribution >= 4 is 11.9 Å². The first kappa shape index (κ1) is 19.0. The molecular formula is C5H6Ag2O6. The molecule has 0 atom stereocenters. The van der Waals surface area contributed by atoms with E-state index >= 15 is 0 Å². The number of aliphatic hydroxyl groups is 2. The van der Waals surface area contributed by atoms with Gasteiger partial charge in [-0.1, -0.05) is 0 Å². The Bertz CT molecular complexity index is 162. The van der Waals surface area contributed by atoms with Crippen molar-refractivity contribution in [1.82, 2.24) is 0 Å². The molecule has 0 bridgehead atoms. The number of aliphatic hydroxyl groups excluding tert-OH is 2. The average Bonchev–Trinajstić information content (AvgIpc) is 1.90. The molecule has 0 aromatic heterocycles. The predicted molar refractivity (Wildman–Crippen MR) is 26.6 cm³/mol. The van der Waals surface area contributed by atoms with Gasteiger partial charge in [0.2, 0.25) is 0 Å². The van der Waals surface area contributed by atoms with E-state index in [4.69, 9.17) is 10.2 Å². The fourth-order valence-electron chi connectivity index (χ4n) is 0.392. The molecule has 0 heterocycles. The Kier molecular flexibility index (Phi) is 11.3. The predicted octanol–water partition coefficient (Wildman–Crippen LogP) is -4.55. The fraction of sp³-hybridized carbons (Fsp3) is 0.600. The summed E-state index contributed by atoms with van der Waals surface area (Å²) in [7, 11) is 0. The van der Waals surface area contributed by atoms with E-state index < -0.39 is 30.6 Å². The van der Waals surface area contributed by atoms with Crippen LogP contribution in [0.15, 0.2) is 0 Å². The number of carbonyl (C=O) groups is 2. The van der Waals surface area contributed by atoms with Gasteiger partial charge in [-0.05, 0) is 0 Å². The molecule has 0 spiro atoms. The molecule has 84 valence electrons. The van der Waals surface area contributed by atoms with Crippen LogP contribution < -0.4 is 10.2 Å². The summed E-state index contributed by atoms with van der Waals surface area (Å²) < 4.78 is 0. The Hall–Kier alpha value is 0.341. The standard InChI is InChI=1S/C5H8O6.2Ag/c6-1-5(2-7,3(8)9)4(10)11;;/h6-7H,1-2H2,(H,8,9)(H,10,11);;/q;2*+1/p-2. The summed E-state index contributed by atoms with van der Waals surface area (Å²) in [4.78, 5) is 20.1. The Morgan fingerprint density at radius 1 is 1.00 bits per heavy atom. The second-order valence-electron chi connectivity index (χ2n) is 1.97. The van der Waals surface area contributed by atoms with Gasteiger partial charge in [-0.25, -0.2) is 0 Å². The van der Waals surface area contributed by atoms with Gasteiger partial charge in [-0.3, -0.25) is 0 Å². The van der Waals surface area contributed by atoms with Crippen molar-refractivity contribution in [1.29, 1.82) is 0 Å². The van der Waals surface area contributed by atoms with Crippen LogP contribution in [0.3, 0.4) is 0 Å². The van der Waals surface area contributed by atoms with E-state index in [1.807, 2.05) is 0 Å². The van der Waals surface area contributed by atoms with Gasteiger partial charge >= 0.3 is 44.8 Å². The van der Waals surface area contributed by atoms with E-state index in [0.717, 1.165) is 0 Å². The van der Waals surface area contributed by atoms with Gasteiger partial charge in [0.15, 0.2) is 0 Å². The Morgan fingerprint density at radius 3 is 1.23 bits per heavy atom. The number of hydrogen-bond donors (Lipinski definition) is 2. The van der Waals surface area contributed by atoms with Gasteiger partial charge in [-0.2, -0.15) is 0 Å². The van der Waals surface area contributed by atoms with Gasteiger partial charge < -0.3 is 30.0 Å².